The third kappa shape index (κ3) is 5.21. The van der Waals surface area contributed by atoms with E-state index in [2.05, 4.69) is 33.0 Å². The molecule has 0 aromatic rings. The van der Waals surface area contributed by atoms with Gasteiger partial charge in [0.2, 0.25) is 0 Å². The van der Waals surface area contributed by atoms with E-state index in [0.717, 1.165) is 24.9 Å². The molecule has 86 valence electrons. The first-order valence-corrected chi connectivity index (χ1v) is 6.40. The second kappa shape index (κ2) is 7.53. The molecule has 0 bridgehead atoms. The fraction of sp³-hybridized carbons (Fsp3) is 1.00. The van der Waals surface area contributed by atoms with E-state index in [4.69, 9.17) is 11.6 Å². The predicted octanol–water partition coefficient (Wildman–Crippen LogP) is 3.67. The van der Waals surface area contributed by atoms with Gasteiger partial charge >= 0.3 is 0 Å². The molecule has 1 N–H and O–H groups in total. The Morgan fingerprint density at radius 1 is 1.21 bits per heavy atom. The van der Waals surface area contributed by atoms with Crippen LogP contribution < -0.4 is 5.32 Å². The molecule has 0 rings (SSSR count). The molecule has 0 saturated carbocycles. The maximum absolute atomic E-state index is 6.03. The highest BCUT2D eigenvalue weighted by molar-refractivity contribution is 6.18. The lowest BCUT2D eigenvalue weighted by atomic mass is 9.84. The summed E-state index contributed by atoms with van der Waals surface area (Å²) in [4.78, 5) is 0. The minimum absolute atomic E-state index is 0.318. The van der Waals surface area contributed by atoms with Crippen LogP contribution in [0.3, 0.4) is 0 Å². The Bertz CT molecular complexity index is 122. The summed E-state index contributed by atoms with van der Waals surface area (Å²) < 4.78 is 0. The Morgan fingerprint density at radius 2 is 1.79 bits per heavy atom. The summed E-state index contributed by atoms with van der Waals surface area (Å²) in [5.74, 6) is 1.56. The molecule has 0 radical (unpaired) electrons. The van der Waals surface area contributed by atoms with Gasteiger partial charge in [-0.2, -0.15) is 0 Å². The van der Waals surface area contributed by atoms with E-state index in [1.54, 1.807) is 0 Å². The summed E-state index contributed by atoms with van der Waals surface area (Å²) in [6.45, 7) is 11.2. The van der Waals surface area contributed by atoms with Crippen LogP contribution in [0, 0.1) is 11.3 Å². The Labute approximate surface area is 94.6 Å². The van der Waals surface area contributed by atoms with Crippen LogP contribution >= 0.6 is 11.6 Å². The summed E-state index contributed by atoms with van der Waals surface area (Å²) >= 11 is 6.03. The Kier molecular flexibility index (Phi) is 7.66. The van der Waals surface area contributed by atoms with Crippen molar-refractivity contribution in [3.63, 3.8) is 0 Å². The third-order valence-corrected chi connectivity index (χ3v) is 3.75. The molecular weight excluding hydrogens is 194 g/mol. The highest BCUT2D eigenvalue weighted by Gasteiger charge is 2.24. The van der Waals surface area contributed by atoms with E-state index in [1.165, 1.54) is 19.3 Å². The molecule has 0 atom stereocenters. The van der Waals surface area contributed by atoms with Crippen LogP contribution in [-0.4, -0.2) is 19.0 Å². The molecule has 0 amide bonds. The van der Waals surface area contributed by atoms with Crippen LogP contribution in [-0.2, 0) is 0 Å². The second-order valence-corrected chi connectivity index (χ2v) is 4.97. The van der Waals surface area contributed by atoms with E-state index in [1.807, 2.05) is 0 Å². The van der Waals surface area contributed by atoms with Crippen LogP contribution in [0.25, 0.3) is 0 Å². The fourth-order valence-electron chi connectivity index (χ4n) is 1.48. The van der Waals surface area contributed by atoms with E-state index in [0.29, 0.717) is 5.41 Å². The molecule has 1 nitrogen and oxygen atoms in total. The topological polar surface area (TPSA) is 12.0 Å². The standard InChI is InChI=1S/C12H26ClN/c1-5-12(6-2,9-13)10-14-8-7-11(3)4/h11,14H,5-10H2,1-4H3. The molecule has 0 aliphatic carbocycles. The number of hydrogen-bond donors (Lipinski definition) is 1. The van der Waals surface area contributed by atoms with Crippen molar-refractivity contribution >= 4 is 11.6 Å². The maximum Gasteiger partial charge on any atom is 0.0291 e. The molecule has 0 aliphatic heterocycles. The van der Waals surface area contributed by atoms with Crippen molar-refractivity contribution in [1.29, 1.82) is 0 Å². The zero-order chi connectivity index (χ0) is 11.0. The monoisotopic (exact) mass is 219 g/mol. The first-order valence-electron chi connectivity index (χ1n) is 5.87. The summed E-state index contributed by atoms with van der Waals surface area (Å²) in [5, 5.41) is 3.53. The minimum atomic E-state index is 0.318. The molecule has 0 saturated heterocycles. The SMILES string of the molecule is CCC(CC)(CCl)CNCCC(C)C. The summed E-state index contributed by atoms with van der Waals surface area (Å²) in [7, 11) is 0. The quantitative estimate of drug-likeness (QED) is 0.485. The molecule has 0 heterocycles. The second-order valence-electron chi connectivity index (χ2n) is 4.70. The first-order chi connectivity index (χ1) is 6.60. The molecular formula is C12H26ClN. The third-order valence-electron chi connectivity index (χ3n) is 3.18. The normalized spacial score (nSPS) is 12.4. The van der Waals surface area contributed by atoms with Crippen LogP contribution in [0.4, 0.5) is 0 Å². The average Bonchev–Trinajstić information content (AvgIpc) is 2.19. The zero-order valence-corrected chi connectivity index (χ0v) is 11.0. The van der Waals surface area contributed by atoms with Gasteiger partial charge in [-0.1, -0.05) is 27.7 Å². The highest BCUT2D eigenvalue weighted by Crippen LogP contribution is 2.26. The summed E-state index contributed by atoms with van der Waals surface area (Å²) in [5.41, 5.74) is 0.318. The Hall–Kier alpha value is 0.250. The van der Waals surface area contributed by atoms with Crippen LogP contribution in [0.1, 0.15) is 47.0 Å². The van der Waals surface area contributed by atoms with Gasteiger partial charge in [-0.05, 0) is 37.1 Å². The smallest absolute Gasteiger partial charge is 0.0291 e. The molecule has 14 heavy (non-hydrogen) atoms. The van der Waals surface area contributed by atoms with Crippen molar-refractivity contribution in [2.75, 3.05) is 19.0 Å². The van der Waals surface area contributed by atoms with Crippen molar-refractivity contribution in [2.24, 2.45) is 11.3 Å². The van der Waals surface area contributed by atoms with Crippen LogP contribution in [0.15, 0.2) is 0 Å². The van der Waals surface area contributed by atoms with Gasteiger partial charge in [0.1, 0.15) is 0 Å². The van der Waals surface area contributed by atoms with Gasteiger partial charge in [0.25, 0.3) is 0 Å². The molecule has 0 aliphatic rings. The lowest BCUT2D eigenvalue weighted by Crippen LogP contribution is -2.35. The van der Waals surface area contributed by atoms with Crippen molar-refractivity contribution in [3.05, 3.63) is 0 Å². The lowest BCUT2D eigenvalue weighted by Gasteiger charge is -2.29. The van der Waals surface area contributed by atoms with Gasteiger partial charge in [0.05, 0.1) is 0 Å². The summed E-state index contributed by atoms with van der Waals surface area (Å²) in [6, 6.07) is 0. The predicted molar refractivity (Wildman–Crippen MR) is 66.1 cm³/mol. The first kappa shape index (κ1) is 14.2. The number of rotatable bonds is 8. The fourth-order valence-corrected chi connectivity index (χ4v) is 1.95. The van der Waals surface area contributed by atoms with Crippen molar-refractivity contribution in [3.8, 4) is 0 Å². The maximum atomic E-state index is 6.03. The highest BCUT2D eigenvalue weighted by atomic mass is 35.5. The Morgan fingerprint density at radius 3 is 2.14 bits per heavy atom. The van der Waals surface area contributed by atoms with Crippen molar-refractivity contribution in [1.82, 2.24) is 5.32 Å². The van der Waals surface area contributed by atoms with E-state index >= 15 is 0 Å². The summed E-state index contributed by atoms with van der Waals surface area (Å²) in [6.07, 6.45) is 3.59. The minimum Gasteiger partial charge on any atom is -0.316 e. The van der Waals surface area contributed by atoms with Crippen molar-refractivity contribution in [2.45, 2.75) is 47.0 Å². The van der Waals surface area contributed by atoms with Crippen LogP contribution in [0.2, 0.25) is 0 Å². The van der Waals surface area contributed by atoms with Gasteiger partial charge in [-0.25, -0.2) is 0 Å². The molecule has 0 aromatic heterocycles. The molecule has 0 aromatic carbocycles. The number of alkyl halides is 1. The number of nitrogens with one attached hydrogen (secondary N) is 1. The molecule has 0 unspecified atom stereocenters. The number of halogens is 1. The van der Waals surface area contributed by atoms with Gasteiger partial charge in [0, 0.05) is 12.4 Å². The van der Waals surface area contributed by atoms with Crippen molar-refractivity contribution < 1.29 is 0 Å². The van der Waals surface area contributed by atoms with Gasteiger partial charge in [-0.15, -0.1) is 11.6 Å². The largest absolute Gasteiger partial charge is 0.316 e. The molecule has 0 fully saturated rings. The molecule has 2 heteroatoms. The van der Waals surface area contributed by atoms with Crippen LogP contribution in [0.5, 0.6) is 0 Å². The van der Waals surface area contributed by atoms with Gasteiger partial charge < -0.3 is 5.32 Å². The zero-order valence-electron chi connectivity index (χ0n) is 10.2. The van der Waals surface area contributed by atoms with E-state index in [9.17, 15) is 0 Å². The van der Waals surface area contributed by atoms with Gasteiger partial charge in [0.15, 0.2) is 0 Å². The van der Waals surface area contributed by atoms with Gasteiger partial charge in [-0.3, -0.25) is 0 Å². The van der Waals surface area contributed by atoms with E-state index < -0.39 is 0 Å². The molecule has 0 spiro atoms. The lowest BCUT2D eigenvalue weighted by molar-refractivity contribution is 0.284. The number of hydrogen-bond acceptors (Lipinski definition) is 1. The van der Waals surface area contributed by atoms with E-state index in [-0.39, 0.29) is 0 Å². The average molecular weight is 220 g/mol. The Balaban J connectivity index is 3.71.